The second-order valence-corrected chi connectivity index (χ2v) is 10.8. The van der Waals surface area contributed by atoms with Gasteiger partial charge in [0.15, 0.2) is 0 Å². The maximum Gasteiger partial charge on any atom is 0.335 e. The van der Waals surface area contributed by atoms with E-state index in [0.717, 1.165) is 14.6 Å². The molecule has 0 saturated carbocycles. The Labute approximate surface area is 172 Å². The highest BCUT2D eigenvalue weighted by Gasteiger charge is 2.37. The van der Waals surface area contributed by atoms with Crippen LogP contribution in [0.15, 0.2) is 40.9 Å². The predicted molar refractivity (Wildman–Crippen MR) is 117 cm³/mol. The number of carbonyl (C=O) groups is 1. The third-order valence-electron chi connectivity index (χ3n) is 5.97. The summed E-state index contributed by atoms with van der Waals surface area (Å²) in [4.78, 5) is 12.4. The van der Waals surface area contributed by atoms with Crippen LogP contribution in [0.3, 0.4) is 0 Å². The average molecular weight is 443 g/mol. The van der Waals surface area contributed by atoms with Crippen LogP contribution < -0.4 is 0 Å². The van der Waals surface area contributed by atoms with Gasteiger partial charge < -0.3 is 5.11 Å². The molecule has 0 aliphatic heterocycles. The quantitative estimate of drug-likeness (QED) is 0.449. The summed E-state index contributed by atoms with van der Waals surface area (Å²) in [5, 5.41) is 10.3. The largest absolute Gasteiger partial charge is 0.478 e. The van der Waals surface area contributed by atoms with E-state index >= 15 is 0 Å². The maximum atomic E-state index is 11.3. The SMILES string of the molecule is CC1(C)CCC(C)(C)c2cc(-c3cc4ccc(C(=O)O)cc4s3)c(Br)cc21. The molecule has 4 rings (SSSR count). The fourth-order valence-corrected chi connectivity index (χ4v) is 5.89. The molecule has 0 saturated heterocycles. The van der Waals surface area contributed by atoms with Crippen LogP contribution in [-0.4, -0.2) is 11.1 Å². The molecule has 0 spiro atoms. The summed E-state index contributed by atoms with van der Waals surface area (Å²) < 4.78 is 2.12. The number of halogens is 1. The monoisotopic (exact) mass is 442 g/mol. The molecule has 140 valence electrons. The van der Waals surface area contributed by atoms with Gasteiger partial charge in [-0.2, -0.15) is 0 Å². The lowest BCUT2D eigenvalue weighted by molar-refractivity contribution is 0.0697. The molecule has 0 radical (unpaired) electrons. The van der Waals surface area contributed by atoms with Crippen molar-refractivity contribution in [2.75, 3.05) is 0 Å². The Bertz CT molecular complexity index is 1080. The fraction of sp³-hybridized carbons (Fsp3) is 0.348. The highest BCUT2D eigenvalue weighted by atomic mass is 79.9. The van der Waals surface area contributed by atoms with E-state index in [1.54, 1.807) is 23.5 Å². The smallest absolute Gasteiger partial charge is 0.335 e. The van der Waals surface area contributed by atoms with Crippen molar-refractivity contribution in [3.8, 4) is 10.4 Å². The van der Waals surface area contributed by atoms with Gasteiger partial charge in [0.25, 0.3) is 0 Å². The molecule has 0 amide bonds. The van der Waals surface area contributed by atoms with Crippen molar-refractivity contribution in [1.29, 1.82) is 0 Å². The van der Waals surface area contributed by atoms with Crippen LogP contribution in [0.25, 0.3) is 20.5 Å². The minimum Gasteiger partial charge on any atom is -0.478 e. The molecule has 0 unspecified atom stereocenters. The van der Waals surface area contributed by atoms with Gasteiger partial charge in [-0.15, -0.1) is 11.3 Å². The summed E-state index contributed by atoms with van der Waals surface area (Å²) in [5.74, 6) is -0.884. The van der Waals surface area contributed by atoms with E-state index in [-0.39, 0.29) is 10.8 Å². The standard InChI is InChI=1S/C23H23BrO2S/c1-22(2)7-8-23(3,4)17-12-18(24)15(11-16(17)22)20-9-13-5-6-14(21(25)26)10-19(13)27-20/h5-6,9-12H,7-8H2,1-4H3,(H,25,26). The lowest BCUT2D eigenvalue weighted by Gasteiger charge is -2.42. The Hall–Kier alpha value is -1.65. The molecule has 0 fully saturated rings. The molecule has 0 atom stereocenters. The minimum absolute atomic E-state index is 0.160. The van der Waals surface area contributed by atoms with Gasteiger partial charge in [-0.1, -0.05) is 49.7 Å². The van der Waals surface area contributed by atoms with Gasteiger partial charge >= 0.3 is 5.97 Å². The summed E-state index contributed by atoms with van der Waals surface area (Å²) in [6, 6.07) is 12.2. The van der Waals surface area contributed by atoms with Gasteiger partial charge in [0.05, 0.1) is 5.56 Å². The first-order valence-corrected chi connectivity index (χ1v) is 10.8. The maximum absolute atomic E-state index is 11.3. The highest BCUT2D eigenvalue weighted by molar-refractivity contribution is 9.10. The van der Waals surface area contributed by atoms with Gasteiger partial charge in [0, 0.05) is 19.6 Å². The number of benzene rings is 2. The number of rotatable bonds is 2. The summed E-state index contributed by atoms with van der Waals surface area (Å²) in [6.07, 6.45) is 2.38. The zero-order valence-electron chi connectivity index (χ0n) is 16.0. The Morgan fingerprint density at radius 3 is 2.26 bits per heavy atom. The molecule has 1 aliphatic carbocycles. The van der Waals surface area contributed by atoms with Gasteiger partial charge in [0.2, 0.25) is 0 Å². The Kier molecular flexibility index (Phi) is 4.28. The molecule has 1 heterocycles. The number of carboxylic acids is 1. The van der Waals surface area contributed by atoms with Crippen molar-refractivity contribution in [3.63, 3.8) is 0 Å². The van der Waals surface area contributed by atoms with Crippen molar-refractivity contribution in [2.45, 2.75) is 51.4 Å². The molecule has 1 aromatic heterocycles. The average Bonchev–Trinajstić information content (AvgIpc) is 3.01. The molecular weight excluding hydrogens is 420 g/mol. The second kappa shape index (κ2) is 6.18. The Balaban J connectivity index is 1.90. The van der Waals surface area contributed by atoms with E-state index in [1.165, 1.54) is 34.4 Å². The Morgan fingerprint density at radius 1 is 1.00 bits per heavy atom. The van der Waals surface area contributed by atoms with E-state index in [1.807, 2.05) is 6.07 Å². The summed E-state index contributed by atoms with van der Waals surface area (Å²) >= 11 is 5.46. The Morgan fingerprint density at radius 2 is 1.63 bits per heavy atom. The van der Waals surface area contributed by atoms with Crippen molar-refractivity contribution in [2.24, 2.45) is 0 Å². The minimum atomic E-state index is -0.884. The molecule has 0 bridgehead atoms. The van der Waals surface area contributed by atoms with Crippen LogP contribution in [0, 0.1) is 0 Å². The predicted octanol–water partition coefficient (Wildman–Crippen LogP) is 7.38. The zero-order chi connectivity index (χ0) is 19.6. The van der Waals surface area contributed by atoms with Gasteiger partial charge in [-0.25, -0.2) is 4.79 Å². The molecule has 3 aromatic rings. The van der Waals surface area contributed by atoms with Crippen molar-refractivity contribution >= 4 is 43.3 Å². The third-order valence-corrected chi connectivity index (χ3v) is 7.76. The molecule has 27 heavy (non-hydrogen) atoms. The first-order valence-electron chi connectivity index (χ1n) is 9.20. The van der Waals surface area contributed by atoms with Gasteiger partial charge in [0.1, 0.15) is 0 Å². The van der Waals surface area contributed by atoms with Crippen molar-refractivity contribution in [1.82, 2.24) is 0 Å². The first-order chi connectivity index (χ1) is 12.6. The fourth-order valence-electron chi connectivity index (χ4n) is 4.07. The van der Waals surface area contributed by atoms with Crippen molar-refractivity contribution in [3.05, 3.63) is 57.6 Å². The number of hydrogen-bond donors (Lipinski definition) is 1. The molecular formula is C23H23BrO2S. The number of fused-ring (bicyclic) bond motifs is 2. The van der Waals surface area contributed by atoms with E-state index in [4.69, 9.17) is 0 Å². The number of thiophene rings is 1. The zero-order valence-corrected chi connectivity index (χ0v) is 18.4. The number of carboxylic acid groups (broad SMARTS) is 1. The van der Waals surface area contributed by atoms with E-state index in [2.05, 4.69) is 61.8 Å². The number of hydrogen-bond acceptors (Lipinski definition) is 2. The summed E-state index contributed by atoms with van der Waals surface area (Å²) in [6.45, 7) is 9.34. The van der Waals surface area contributed by atoms with E-state index in [9.17, 15) is 9.90 Å². The molecule has 1 N–H and O–H groups in total. The van der Waals surface area contributed by atoms with Crippen LogP contribution in [0.1, 0.15) is 62.0 Å². The topological polar surface area (TPSA) is 37.3 Å². The molecule has 2 nitrogen and oxygen atoms in total. The molecule has 2 aromatic carbocycles. The van der Waals surface area contributed by atoms with Crippen LogP contribution in [0.4, 0.5) is 0 Å². The summed E-state index contributed by atoms with van der Waals surface area (Å²) in [5.41, 5.74) is 4.74. The van der Waals surface area contributed by atoms with Crippen LogP contribution in [0.2, 0.25) is 0 Å². The lowest BCUT2D eigenvalue weighted by Crippen LogP contribution is -2.33. The third kappa shape index (κ3) is 3.13. The van der Waals surface area contributed by atoms with Gasteiger partial charge in [-0.3, -0.25) is 0 Å². The van der Waals surface area contributed by atoms with Crippen LogP contribution >= 0.6 is 27.3 Å². The second-order valence-electron chi connectivity index (χ2n) is 8.81. The first kappa shape index (κ1) is 18.7. The van der Waals surface area contributed by atoms with E-state index in [0.29, 0.717) is 5.56 Å². The molecule has 4 heteroatoms. The van der Waals surface area contributed by atoms with Crippen LogP contribution in [-0.2, 0) is 10.8 Å². The van der Waals surface area contributed by atoms with Gasteiger partial charge in [-0.05, 0) is 70.5 Å². The van der Waals surface area contributed by atoms with Crippen molar-refractivity contribution < 1.29 is 9.90 Å². The van der Waals surface area contributed by atoms with E-state index < -0.39 is 5.97 Å². The normalized spacial score (nSPS) is 17.7. The summed E-state index contributed by atoms with van der Waals surface area (Å²) in [7, 11) is 0. The number of aromatic carboxylic acids is 1. The van der Waals surface area contributed by atoms with Crippen LogP contribution in [0.5, 0.6) is 0 Å². The molecule has 1 aliphatic rings. The lowest BCUT2D eigenvalue weighted by atomic mass is 9.63. The highest BCUT2D eigenvalue weighted by Crippen LogP contribution is 2.49.